The molecule has 1 atom stereocenters. The molecule has 0 rings (SSSR count). The SMILES string of the molecule is CCC(=O)[C@@](O)(CC)C(C)=O. The molecule has 0 amide bonds. The third-order valence-electron chi connectivity index (χ3n) is 1.88. The van der Waals surface area contributed by atoms with Crippen LogP contribution >= 0.6 is 0 Å². The smallest absolute Gasteiger partial charge is 0.180 e. The molecule has 0 fully saturated rings. The van der Waals surface area contributed by atoms with Crippen LogP contribution < -0.4 is 0 Å². The molecule has 1 N–H and O–H groups in total. The van der Waals surface area contributed by atoms with Crippen LogP contribution in [0.1, 0.15) is 33.6 Å². The Morgan fingerprint density at radius 3 is 1.91 bits per heavy atom. The van der Waals surface area contributed by atoms with Crippen molar-refractivity contribution >= 4 is 11.6 Å². The molecule has 0 radical (unpaired) electrons. The molecule has 0 bridgehead atoms. The molecule has 0 unspecified atom stereocenters. The molecule has 0 aromatic carbocycles. The lowest BCUT2D eigenvalue weighted by Gasteiger charge is -2.20. The fourth-order valence-corrected chi connectivity index (χ4v) is 0.935. The van der Waals surface area contributed by atoms with E-state index in [4.69, 9.17) is 0 Å². The molecular weight excluding hydrogens is 144 g/mol. The molecule has 0 aromatic heterocycles. The minimum absolute atomic E-state index is 0.162. The van der Waals surface area contributed by atoms with Crippen LogP contribution in [-0.4, -0.2) is 22.3 Å². The second-order valence-electron chi connectivity index (χ2n) is 2.55. The minimum Gasteiger partial charge on any atom is -0.375 e. The van der Waals surface area contributed by atoms with Gasteiger partial charge in [0.1, 0.15) is 0 Å². The van der Waals surface area contributed by atoms with Gasteiger partial charge in [0.2, 0.25) is 0 Å². The molecular formula is C8H14O3. The van der Waals surface area contributed by atoms with E-state index in [0.717, 1.165) is 0 Å². The highest BCUT2D eigenvalue weighted by Crippen LogP contribution is 2.14. The number of hydrogen-bond acceptors (Lipinski definition) is 3. The fourth-order valence-electron chi connectivity index (χ4n) is 0.935. The topological polar surface area (TPSA) is 54.4 Å². The Bertz CT molecular complexity index is 174. The summed E-state index contributed by atoms with van der Waals surface area (Å²) in [6, 6.07) is 0. The first-order valence-electron chi connectivity index (χ1n) is 3.75. The first kappa shape index (κ1) is 10.3. The summed E-state index contributed by atoms with van der Waals surface area (Å²) < 4.78 is 0. The Morgan fingerprint density at radius 2 is 1.82 bits per heavy atom. The lowest BCUT2D eigenvalue weighted by Crippen LogP contribution is -2.44. The largest absolute Gasteiger partial charge is 0.375 e. The van der Waals surface area contributed by atoms with Crippen LogP contribution in [0, 0.1) is 0 Å². The Balaban J connectivity index is 4.59. The van der Waals surface area contributed by atoms with Gasteiger partial charge in [-0.25, -0.2) is 0 Å². The molecule has 3 heteroatoms. The molecule has 0 heterocycles. The van der Waals surface area contributed by atoms with E-state index in [0.29, 0.717) is 0 Å². The maximum atomic E-state index is 11.0. The van der Waals surface area contributed by atoms with Gasteiger partial charge in [0.15, 0.2) is 17.2 Å². The second kappa shape index (κ2) is 3.62. The molecule has 64 valence electrons. The number of carbonyl (C=O) groups excluding carboxylic acids is 2. The number of aliphatic hydroxyl groups is 1. The van der Waals surface area contributed by atoms with Crippen molar-refractivity contribution in [2.45, 2.75) is 39.2 Å². The van der Waals surface area contributed by atoms with Crippen molar-refractivity contribution in [3.8, 4) is 0 Å². The lowest BCUT2D eigenvalue weighted by molar-refractivity contribution is -0.149. The Hall–Kier alpha value is -0.700. The fraction of sp³-hybridized carbons (Fsp3) is 0.750. The summed E-state index contributed by atoms with van der Waals surface area (Å²) in [5, 5.41) is 9.47. The van der Waals surface area contributed by atoms with E-state index < -0.39 is 17.2 Å². The molecule has 0 aliphatic heterocycles. The average molecular weight is 158 g/mol. The van der Waals surface area contributed by atoms with E-state index in [1.165, 1.54) is 6.92 Å². The zero-order valence-corrected chi connectivity index (χ0v) is 7.18. The van der Waals surface area contributed by atoms with Gasteiger partial charge in [0.05, 0.1) is 0 Å². The highest BCUT2D eigenvalue weighted by Gasteiger charge is 2.37. The van der Waals surface area contributed by atoms with Crippen molar-refractivity contribution < 1.29 is 14.7 Å². The summed E-state index contributed by atoms with van der Waals surface area (Å²) in [6.45, 7) is 4.48. The third-order valence-corrected chi connectivity index (χ3v) is 1.88. The molecule has 0 aliphatic rings. The van der Waals surface area contributed by atoms with Crippen LogP contribution in [-0.2, 0) is 9.59 Å². The van der Waals surface area contributed by atoms with Gasteiger partial charge in [-0.05, 0) is 13.3 Å². The third kappa shape index (κ3) is 1.87. The standard InChI is InChI=1S/C8H14O3/c1-4-7(10)8(11,5-2)6(3)9/h11H,4-5H2,1-3H3/t8-/m1/s1. The van der Waals surface area contributed by atoms with Crippen LogP contribution in [0.2, 0.25) is 0 Å². The highest BCUT2D eigenvalue weighted by atomic mass is 16.3. The zero-order chi connectivity index (χ0) is 9.07. The number of hydrogen-bond donors (Lipinski definition) is 1. The quantitative estimate of drug-likeness (QED) is 0.612. The summed E-state index contributed by atoms with van der Waals surface area (Å²) in [4.78, 5) is 21.9. The number of carbonyl (C=O) groups is 2. The van der Waals surface area contributed by atoms with E-state index >= 15 is 0 Å². The van der Waals surface area contributed by atoms with Crippen LogP contribution in [0.15, 0.2) is 0 Å². The van der Waals surface area contributed by atoms with Gasteiger partial charge in [-0.2, -0.15) is 0 Å². The minimum atomic E-state index is -1.73. The average Bonchev–Trinajstić information content (AvgIpc) is 2.01. The van der Waals surface area contributed by atoms with Crippen molar-refractivity contribution in [2.75, 3.05) is 0 Å². The zero-order valence-electron chi connectivity index (χ0n) is 7.18. The highest BCUT2D eigenvalue weighted by molar-refractivity contribution is 6.08. The monoisotopic (exact) mass is 158 g/mol. The molecule has 0 saturated carbocycles. The number of ketones is 2. The Kier molecular flexibility index (Phi) is 3.39. The summed E-state index contributed by atoms with van der Waals surface area (Å²) >= 11 is 0. The summed E-state index contributed by atoms with van der Waals surface area (Å²) in [5.74, 6) is -0.862. The van der Waals surface area contributed by atoms with Crippen molar-refractivity contribution in [1.29, 1.82) is 0 Å². The first-order chi connectivity index (χ1) is 4.99. The van der Waals surface area contributed by atoms with Crippen LogP contribution in [0.4, 0.5) is 0 Å². The van der Waals surface area contributed by atoms with Crippen molar-refractivity contribution in [3.63, 3.8) is 0 Å². The summed E-state index contributed by atoms with van der Waals surface area (Å²) in [7, 11) is 0. The van der Waals surface area contributed by atoms with Crippen LogP contribution in [0.3, 0.4) is 0 Å². The molecule has 11 heavy (non-hydrogen) atoms. The molecule has 3 nitrogen and oxygen atoms in total. The van der Waals surface area contributed by atoms with Gasteiger partial charge < -0.3 is 5.11 Å². The van der Waals surface area contributed by atoms with Gasteiger partial charge >= 0.3 is 0 Å². The van der Waals surface area contributed by atoms with Crippen molar-refractivity contribution in [1.82, 2.24) is 0 Å². The van der Waals surface area contributed by atoms with Crippen molar-refractivity contribution in [3.05, 3.63) is 0 Å². The van der Waals surface area contributed by atoms with E-state index in [1.807, 2.05) is 0 Å². The van der Waals surface area contributed by atoms with Gasteiger partial charge in [-0.1, -0.05) is 13.8 Å². The normalized spacial score (nSPS) is 15.6. The molecule has 0 aromatic rings. The van der Waals surface area contributed by atoms with E-state index in [1.54, 1.807) is 13.8 Å². The van der Waals surface area contributed by atoms with Crippen LogP contribution in [0.25, 0.3) is 0 Å². The summed E-state index contributed by atoms with van der Waals surface area (Å²) in [6.07, 6.45) is 0.360. The van der Waals surface area contributed by atoms with E-state index in [-0.39, 0.29) is 12.8 Å². The van der Waals surface area contributed by atoms with Gasteiger partial charge in [0.25, 0.3) is 0 Å². The maximum absolute atomic E-state index is 11.0. The Morgan fingerprint density at radius 1 is 1.36 bits per heavy atom. The molecule has 0 spiro atoms. The number of rotatable bonds is 4. The Labute approximate surface area is 66.4 Å². The predicted molar refractivity (Wildman–Crippen MR) is 41.2 cm³/mol. The lowest BCUT2D eigenvalue weighted by atomic mass is 9.90. The van der Waals surface area contributed by atoms with Gasteiger partial charge in [0, 0.05) is 6.42 Å². The molecule has 0 saturated heterocycles. The van der Waals surface area contributed by atoms with Gasteiger partial charge in [-0.3, -0.25) is 9.59 Å². The van der Waals surface area contributed by atoms with E-state index in [9.17, 15) is 14.7 Å². The van der Waals surface area contributed by atoms with Gasteiger partial charge in [-0.15, -0.1) is 0 Å². The second-order valence-corrected chi connectivity index (χ2v) is 2.55. The van der Waals surface area contributed by atoms with Crippen molar-refractivity contribution in [2.24, 2.45) is 0 Å². The molecule has 0 aliphatic carbocycles. The van der Waals surface area contributed by atoms with Crippen LogP contribution in [0.5, 0.6) is 0 Å². The number of Topliss-reactive ketones (excluding diaryl/α,β-unsaturated/α-hetero) is 2. The van der Waals surface area contributed by atoms with E-state index in [2.05, 4.69) is 0 Å². The predicted octanol–water partition coefficient (Wildman–Crippen LogP) is 0.696. The first-order valence-corrected chi connectivity index (χ1v) is 3.75. The maximum Gasteiger partial charge on any atom is 0.180 e. The summed E-state index contributed by atoms with van der Waals surface area (Å²) in [5.41, 5.74) is -1.73.